The molecular weight excluding hydrogens is 322 g/mol. The van der Waals surface area contributed by atoms with Crippen LogP contribution in [0.15, 0.2) is 18.2 Å². The van der Waals surface area contributed by atoms with Gasteiger partial charge in [0.15, 0.2) is 0 Å². The van der Waals surface area contributed by atoms with Crippen molar-refractivity contribution in [3.8, 4) is 0 Å². The van der Waals surface area contributed by atoms with Gasteiger partial charge in [0, 0.05) is 25.6 Å². The molecule has 1 fully saturated rings. The van der Waals surface area contributed by atoms with E-state index in [1.807, 2.05) is 0 Å². The molecule has 2 amide bonds. The topological polar surface area (TPSA) is 86.7 Å². The Morgan fingerprint density at radius 2 is 2.04 bits per heavy atom. The number of amides is 2. The molecule has 1 atom stereocenters. The second-order valence-electron chi connectivity index (χ2n) is 5.57. The molecule has 1 aliphatic heterocycles. The van der Waals surface area contributed by atoms with E-state index in [0.29, 0.717) is 31.9 Å². The quantitative estimate of drug-likeness (QED) is 0.769. The number of carboxylic acids is 1. The van der Waals surface area contributed by atoms with Crippen molar-refractivity contribution in [2.24, 2.45) is 0 Å². The van der Waals surface area contributed by atoms with Gasteiger partial charge in [0.2, 0.25) is 5.91 Å². The van der Waals surface area contributed by atoms with Crippen LogP contribution in [0.4, 0.5) is 8.78 Å². The summed E-state index contributed by atoms with van der Waals surface area (Å²) < 4.78 is 26.2. The summed E-state index contributed by atoms with van der Waals surface area (Å²) in [6.07, 6.45) is 1.50. The van der Waals surface area contributed by atoms with Crippen molar-refractivity contribution in [2.45, 2.75) is 31.7 Å². The zero-order valence-electron chi connectivity index (χ0n) is 12.9. The molecule has 1 aromatic rings. The van der Waals surface area contributed by atoms with Crippen LogP contribution in [0.5, 0.6) is 0 Å². The number of aliphatic carboxylic acids is 1. The van der Waals surface area contributed by atoms with Gasteiger partial charge in [-0.3, -0.25) is 9.59 Å². The highest BCUT2D eigenvalue weighted by Crippen LogP contribution is 2.18. The van der Waals surface area contributed by atoms with E-state index in [1.165, 1.54) is 4.90 Å². The Morgan fingerprint density at radius 3 is 2.71 bits per heavy atom. The first-order valence-electron chi connectivity index (χ1n) is 7.65. The Bertz CT molecular complexity index is 651. The molecular formula is C16H18F2N2O4. The maximum Gasteiger partial charge on any atom is 0.326 e. The van der Waals surface area contributed by atoms with Crippen molar-refractivity contribution >= 4 is 17.8 Å². The molecule has 1 saturated heterocycles. The van der Waals surface area contributed by atoms with Crippen LogP contribution in [0, 0.1) is 11.6 Å². The normalized spacial score (nSPS) is 16.9. The molecule has 0 aliphatic carbocycles. The van der Waals surface area contributed by atoms with Gasteiger partial charge in [0.05, 0.1) is 5.56 Å². The summed E-state index contributed by atoms with van der Waals surface area (Å²) in [4.78, 5) is 36.2. The minimum absolute atomic E-state index is 0.0932. The van der Waals surface area contributed by atoms with Gasteiger partial charge in [0.1, 0.15) is 17.7 Å². The molecule has 1 heterocycles. The predicted molar refractivity (Wildman–Crippen MR) is 80.3 cm³/mol. The summed E-state index contributed by atoms with van der Waals surface area (Å²) in [6, 6.07) is 1.88. The lowest BCUT2D eigenvalue weighted by atomic mass is 10.2. The number of carbonyl (C=O) groups excluding carboxylic acids is 2. The van der Waals surface area contributed by atoms with E-state index < -0.39 is 29.6 Å². The number of carbonyl (C=O) groups is 3. The zero-order chi connectivity index (χ0) is 17.7. The summed E-state index contributed by atoms with van der Waals surface area (Å²) in [5.74, 6) is -3.70. The van der Waals surface area contributed by atoms with Crippen molar-refractivity contribution in [3.05, 3.63) is 35.4 Å². The molecule has 8 heteroatoms. The molecule has 2 rings (SSSR count). The summed E-state index contributed by atoms with van der Waals surface area (Å²) >= 11 is 0. The molecule has 0 radical (unpaired) electrons. The molecule has 0 spiro atoms. The van der Waals surface area contributed by atoms with E-state index in [2.05, 4.69) is 5.32 Å². The second-order valence-corrected chi connectivity index (χ2v) is 5.57. The van der Waals surface area contributed by atoms with Gasteiger partial charge in [-0.25, -0.2) is 13.6 Å². The van der Waals surface area contributed by atoms with Crippen LogP contribution < -0.4 is 5.32 Å². The molecule has 1 aliphatic rings. The van der Waals surface area contributed by atoms with Gasteiger partial charge in [-0.1, -0.05) is 0 Å². The van der Waals surface area contributed by atoms with Crippen molar-refractivity contribution in [2.75, 3.05) is 13.1 Å². The Balaban J connectivity index is 1.77. The highest BCUT2D eigenvalue weighted by atomic mass is 19.1. The molecule has 0 bridgehead atoms. The van der Waals surface area contributed by atoms with Crippen molar-refractivity contribution in [1.82, 2.24) is 10.2 Å². The highest BCUT2D eigenvalue weighted by molar-refractivity contribution is 5.94. The number of likely N-dealkylation sites (tertiary alicyclic amines) is 1. The minimum atomic E-state index is -1.01. The molecule has 2 N–H and O–H groups in total. The van der Waals surface area contributed by atoms with Gasteiger partial charge in [0.25, 0.3) is 5.91 Å². The van der Waals surface area contributed by atoms with Crippen LogP contribution in [-0.4, -0.2) is 46.9 Å². The van der Waals surface area contributed by atoms with Gasteiger partial charge >= 0.3 is 5.97 Å². The van der Waals surface area contributed by atoms with Gasteiger partial charge in [-0.05, 0) is 31.4 Å². The first-order valence-corrected chi connectivity index (χ1v) is 7.65. The Morgan fingerprint density at radius 1 is 1.29 bits per heavy atom. The Hall–Kier alpha value is -2.51. The van der Waals surface area contributed by atoms with Gasteiger partial charge < -0.3 is 15.3 Å². The highest BCUT2D eigenvalue weighted by Gasteiger charge is 2.33. The second kappa shape index (κ2) is 7.85. The number of nitrogens with one attached hydrogen (secondary N) is 1. The fourth-order valence-electron chi connectivity index (χ4n) is 2.68. The SMILES string of the molecule is O=C(NCCCC(=O)N1CCC[C@H]1C(=O)O)c1ccc(F)cc1F. The largest absolute Gasteiger partial charge is 0.480 e. The standard InChI is InChI=1S/C16H18F2N2O4/c17-10-5-6-11(12(18)9-10)15(22)19-7-1-4-14(21)20-8-2-3-13(20)16(23)24/h5-6,9,13H,1-4,7-8H2,(H,19,22)(H,23,24)/t13-/m0/s1. The van der Waals surface area contributed by atoms with Crippen LogP contribution in [0.25, 0.3) is 0 Å². The fraction of sp³-hybridized carbons (Fsp3) is 0.438. The van der Waals surface area contributed by atoms with Gasteiger partial charge in [-0.2, -0.15) is 0 Å². The first kappa shape index (κ1) is 17.8. The Labute approximate surface area is 137 Å². The Kier molecular flexibility index (Phi) is 5.83. The van der Waals surface area contributed by atoms with E-state index in [-0.39, 0.29) is 24.4 Å². The van der Waals surface area contributed by atoms with Crippen LogP contribution >= 0.6 is 0 Å². The van der Waals surface area contributed by atoms with E-state index in [9.17, 15) is 23.2 Å². The predicted octanol–water partition coefficient (Wildman–Crippen LogP) is 1.55. The monoisotopic (exact) mass is 340 g/mol. The number of carboxylic acid groups (broad SMARTS) is 1. The van der Waals surface area contributed by atoms with E-state index in [0.717, 1.165) is 12.1 Å². The molecule has 0 unspecified atom stereocenters. The number of nitrogens with zero attached hydrogens (tertiary/aromatic N) is 1. The number of hydrogen-bond donors (Lipinski definition) is 2. The molecule has 1 aromatic carbocycles. The van der Waals surface area contributed by atoms with Crippen LogP contribution in [0.1, 0.15) is 36.0 Å². The number of rotatable bonds is 6. The first-order chi connectivity index (χ1) is 11.4. The maximum absolute atomic E-state index is 13.4. The number of benzene rings is 1. The minimum Gasteiger partial charge on any atom is -0.480 e. The van der Waals surface area contributed by atoms with Gasteiger partial charge in [-0.15, -0.1) is 0 Å². The average Bonchev–Trinajstić information content (AvgIpc) is 3.01. The third-order valence-corrected chi connectivity index (χ3v) is 3.89. The van der Waals surface area contributed by atoms with Crippen LogP contribution in [-0.2, 0) is 9.59 Å². The lowest BCUT2D eigenvalue weighted by molar-refractivity contribution is -0.148. The molecule has 130 valence electrons. The molecule has 0 aromatic heterocycles. The lowest BCUT2D eigenvalue weighted by Crippen LogP contribution is -2.40. The van der Waals surface area contributed by atoms with E-state index in [4.69, 9.17) is 5.11 Å². The molecule has 0 saturated carbocycles. The van der Waals surface area contributed by atoms with E-state index in [1.54, 1.807) is 0 Å². The summed E-state index contributed by atoms with van der Waals surface area (Å²) in [6.45, 7) is 0.552. The summed E-state index contributed by atoms with van der Waals surface area (Å²) in [5.41, 5.74) is -0.270. The summed E-state index contributed by atoms with van der Waals surface area (Å²) in [7, 11) is 0. The molecule has 6 nitrogen and oxygen atoms in total. The third-order valence-electron chi connectivity index (χ3n) is 3.89. The van der Waals surface area contributed by atoms with Crippen molar-refractivity contribution in [3.63, 3.8) is 0 Å². The maximum atomic E-state index is 13.4. The molecule has 24 heavy (non-hydrogen) atoms. The van der Waals surface area contributed by atoms with Crippen LogP contribution in [0.3, 0.4) is 0 Å². The van der Waals surface area contributed by atoms with Crippen LogP contribution in [0.2, 0.25) is 0 Å². The number of halogens is 2. The average molecular weight is 340 g/mol. The third kappa shape index (κ3) is 4.27. The summed E-state index contributed by atoms with van der Waals surface area (Å²) in [5, 5.41) is 11.5. The number of hydrogen-bond acceptors (Lipinski definition) is 3. The zero-order valence-corrected chi connectivity index (χ0v) is 12.9. The van der Waals surface area contributed by atoms with Crippen molar-refractivity contribution < 1.29 is 28.3 Å². The van der Waals surface area contributed by atoms with Crippen molar-refractivity contribution in [1.29, 1.82) is 0 Å². The van der Waals surface area contributed by atoms with E-state index >= 15 is 0 Å². The smallest absolute Gasteiger partial charge is 0.326 e. The lowest BCUT2D eigenvalue weighted by Gasteiger charge is -2.21. The fourth-order valence-corrected chi connectivity index (χ4v) is 2.68.